The molecule has 17 heavy (non-hydrogen) atoms. The van der Waals surface area contributed by atoms with Gasteiger partial charge in [0.05, 0.1) is 6.20 Å². The maximum absolute atomic E-state index is 10.2. The van der Waals surface area contributed by atoms with Crippen LogP contribution in [0.15, 0.2) is 36.7 Å². The summed E-state index contributed by atoms with van der Waals surface area (Å²) < 4.78 is 1.84. The third-order valence-electron chi connectivity index (χ3n) is 2.67. The Hall–Kier alpha value is -1.81. The van der Waals surface area contributed by atoms with Crippen molar-refractivity contribution in [3.8, 4) is 0 Å². The molecule has 0 spiro atoms. The molecule has 0 aliphatic rings. The summed E-state index contributed by atoms with van der Waals surface area (Å²) >= 11 is 0. The van der Waals surface area contributed by atoms with Gasteiger partial charge in [0.2, 0.25) is 0 Å². The molecule has 2 aromatic rings. The van der Waals surface area contributed by atoms with Crippen LogP contribution in [0.4, 0.5) is 5.69 Å². The molecule has 90 valence electrons. The summed E-state index contributed by atoms with van der Waals surface area (Å²) in [7, 11) is 0. The highest BCUT2D eigenvalue weighted by molar-refractivity contribution is 5.41. The average Bonchev–Trinajstić information content (AvgIpc) is 2.78. The first-order chi connectivity index (χ1) is 8.20. The Labute approximate surface area is 101 Å². The SMILES string of the molecule is CCCn1cc(C(O)c2ccc(N)cc2)cn1. The van der Waals surface area contributed by atoms with E-state index < -0.39 is 6.10 Å². The van der Waals surface area contributed by atoms with Gasteiger partial charge < -0.3 is 10.8 Å². The number of nitrogen functional groups attached to an aromatic ring is 1. The predicted molar refractivity (Wildman–Crippen MR) is 67.4 cm³/mol. The zero-order valence-electron chi connectivity index (χ0n) is 9.87. The van der Waals surface area contributed by atoms with Crippen molar-refractivity contribution in [2.45, 2.75) is 26.0 Å². The van der Waals surface area contributed by atoms with Crippen LogP contribution in [-0.2, 0) is 6.54 Å². The minimum absolute atomic E-state index is 0.638. The van der Waals surface area contributed by atoms with Crippen LogP contribution in [0, 0.1) is 0 Å². The van der Waals surface area contributed by atoms with Crippen molar-refractivity contribution in [2.24, 2.45) is 0 Å². The number of hydrogen-bond donors (Lipinski definition) is 2. The fourth-order valence-electron chi connectivity index (χ4n) is 1.74. The molecule has 3 N–H and O–H groups in total. The lowest BCUT2D eigenvalue weighted by molar-refractivity contribution is 0.220. The number of aromatic nitrogens is 2. The Balaban J connectivity index is 2.18. The minimum Gasteiger partial charge on any atom is -0.399 e. The van der Waals surface area contributed by atoms with Crippen LogP contribution in [0.5, 0.6) is 0 Å². The summed E-state index contributed by atoms with van der Waals surface area (Å²) in [6.45, 7) is 2.96. The second-order valence-corrected chi connectivity index (χ2v) is 4.11. The van der Waals surface area contributed by atoms with Crippen LogP contribution in [0.2, 0.25) is 0 Å². The van der Waals surface area contributed by atoms with Gasteiger partial charge in [-0.1, -0.05) is 19.1 Å². The number of hydrogen-bond acceptors (Lipinski definition) is 3. The molecule has 1 aromatic carbocycles. The molecule has 0 saturated heterocycles. The van der Waals surface area contributed by atoms with Gasteiger partial charge in [-0.25, -0.2) is 0 Å². The van der Waals surface area contributed by atoms with E-state index in [0.717, 1.165) is 24.1 Å². The predicted octanol–water partition coefficient (Wildman–Crippen LogP) is 1.96. The van der Waals surface area contributed by atoms with Gasteiger partial charge in [-0.3, -0.25) is 4.68 Å². The van der Waals surface area contributed by atoms with Gasteiger partial charge in [-0.05, 0) is 24.1 Å². The molecule has 0 aliphatic heterocycles. The van der Waals surface area contributed by atoms with E-state index in [-0.39, 0.29) is 0 Å². The molecule has 0 amide bonds. The van der Waals surface area contributed by atoms with Gasteiger partial charge in [0.25, 0.3) is 0 Å². The van der Waals surface area contributed by atoms with Crippen molar-refractivity contribution in [2.75, 3.05) is 5.73 Å². The summed E-state index contributed by atoms with van der Waals surface area (Å²) in [5.74, 6) is 0. The number of rotatable bonds is 4. The van der Waals surface area contributed by atoms with E-state index >= 15 is 0 Å². The monoisotopic (exact) mass is 231 g/mol. The van der Waals surface area contributed by atoms with E-state index in [1.807, 2.05) is 23.0 Å². The first-order valence-corrected chi connectivity index (χ1v) is 5.76. The van der Waals surface area contributed by atoms with E-state index in [0.29, 0.717) is 5.69 Å². The van der Waals surface area contributed by atoms with E-state index in [2.05, 4.69) is 12.0 Å². The van der Waals surface area contributed by atoms with Gasteiger partial charge in [0.1, 0.15) is 6.10 Å². The van der Waals surface area contributed by atoms with Crippen LogP contribution >= 0.6 is 0 Å². The van der Waals surface area contributed by atoms with Crippen molar-refractivity contribution < 1.29 is 5.11 Å². The third-order valence-corrected chi connectivity index (χ3v) is 2.67. The number of anilines is 1. The number of nitrogens with two attached hydrogens (primary N) is 1. The molecule has 2 rings (SSSR count). The van der Waals surface area contributed by atoms with E-state index in [9.17, 15) is 5.11 Å². The maximum atomic E-state index is 10.2. The smallest absolute Gasteiger partial charge is 0.107 e. The number of aliphatic hydroxyl groups is 1. The molecular formula is C13H17N3O. The zero-order valence-corrected chi connectivity index (χ0v) is 9.87. The second kappa shape index (κ2) is 5.01. The highest BCUT2D eigenvalue weighted by atomic mass is 16.3. The molecule has 1 heterocycles. The van der Waals surface area contributed by atoms with Crippen molar-refractivity contribution in [3.63, 3.8) is 0 Å². The topological polar surface area (TPSA) is 64.1 Å². The minimum atomic E-state index is -0.638. The molecule has 1 atom stereocenters. The average molecular weight is 231 g/mol. The molecular weight excluding hydrogens is 214 g/mol. The van der Waals surface area contributed by atoms with Crippen LogP contribution in [-0.4, -0.2) is 14.9 Å². The fourth-order valence-corrected chi connectivity index (χ4v) is 1.74. The Kier molecular flexibility index (Phi) is 3.44. The lowest BCUT2D eigenvalue weighted by Crippen LogP contribution is -1.99. The molecule has 1 unspecified atom stereocenters. The number of aliphatic hydroxyl groups excluding tert-OH is 1. The lowest BCUT2D eigenvalue weighted by Gasteiger charge is -2.08. The van der Waals surface area contributed by atoms with Gasteiger partial charge in [-0.2, -0.15) is 5.10 Å². The molecule has 0 radical (unpaired) electrons. The van der Waals surface area contributed by atoms with Gasteiger partial charge >= 0.3 is 0 Å². The number of aryl methyl sites for hydroxylation is 1. The Morgan fingerprint density at radius 3 is 2.65 bits per heavy atom. The van der Waals surface area contributed by atoms with Crippen molar-refractivity contribution in [1.82, 2.24) is 9.78 Å². The standard InChI is InChI=1S/C13H17N3O/c1-2-7-16-9-11(8-15-16)13(17)10-3-5-12(14)6-4-10/h3-6,8-9,13,17H,2,7,14H2,1H3. The first-order valence-electron chi connectivity index (χ1n) is 5.76. The molecule has 0 aliphatic carbocycles. The van der Waals surface area contributed by atoms with Gasteiger partial charge in [0.15, 0.2) is 0 Å². The highest BCUT2D eigenvalue weighted by Gasteiger charge is 2.12. The second-order valence-electron chi connectivity index (χ2n) is 4.11. The third kappa shape index (κ3) is 2.65. The van der Waals surface area contributed by atoms with Gasteiger partial charge in [0, 0.05) is 24.0 Å². The van der Waals surface area contributed by atoms with Crippen LogP contribution < -0.4 is 5.73 Å². The summed E-state index contributed by atoms with van der Waals surface area (Å²) in [6, 6.07) is 7.23. The molecule has 4 heteroatoms. The lowest BCUT2D eigenvalue weighted by atomic mass is 10.0. The molecule has 4 nitrogen and oxygen atoms in total. The van der Waals surface area contributed by atoms with Crippen molar-refractivity contribution >= 4 is 5.69 Å². The Bertz CT molecular complexity index is 476. The van der Waals surface area contributed by atoms with Gasteiger partial charge in [-0.15, -0.1) is 0 Å². The molecule has 0 fully saturated rings. The summed E-state index contributed by atoms with van der Waals surface area (Å²) in [5.41, 5.74) is 7.95. The number of benzene rings is 1. The van der Waals surface area contributed by atoms with Crippen molar-refractivity contribution in [3.05, 3.63) is 47.8 Å². The Morgan fingerprint density at radius 1 is 1.29 bits per heavy atom. The first kappa shape index (κ1) is 11.7. The molecule has 0 saturated carbocycles. The van der Waals surface area contributed by atoms with Crippen LogP contribution in [0.25, 0.3) is 0 Å². The summed E-state index contributed by atoms with van der Waals surface area (Å²) in [4.78, 5) is 0. The van der Waals surface area contributed by atoms with Crippen LogP contribution in [0.1, 0.15) is 30.6 Å². The maximum Gasteiger partial charge on any atom is 0.107 e. The number of nitrogens with zero attached hydrogens (tertiary/aromatic N) is 2. The summed E-state index contributed by atoms with van der Waals surface area (Å²) in [5, 5.41) is 14.4. The van der Waals surface area contributed by atoms with E-state index in [1.54, 1.807) is 18.3 Å². The van der Waals surface area contributed by atoms with E-state index in [1.165, 1.54) is 0 Å². The highest BCUT2D eigenvalue weighted by Crippen LogP contribution is 2.22. The zero-order chi connectivity index (χ0) is 12.3. The van der Waals surface area contributed by atoms with Crippen molar-refractivity contribution in [1.29, 1.82) is 0 Å². The van der Waals surface area contributed by atoms with E-state index in [4.69, 9.17) is 5.73 Å². The normalized spacial score (nSPS) is 12.6. The molecule has 1 aromatic heterocycles. The molecule has 0 bridgehead atoms. The Morgan fingerprint density at radius 2 is 2.00 bits per heavy atom. The largest absolute Gasteiger partial charge is 0.399 e. The quantitative estimate of drug-likeness (QED) is 0.790. The van der Waals surface area contributed by atoms with Crippen LogP contribution in [0.3, 0.4) is 0 Å². The fraction of sp³-hybridized carbons (Fsp3) is 0.308. The summed E-state index contributed by atoms with van der Waals surface area (Å²) in [6.07, 6.45) is 3.97.